The van der Waals surface area contributed by atoms with Gasteiger partial charge in [-0.25, -0.2) is 13.6 Å². The van der Waals surface area contributed by atoms with Gasteiger partial charge in [0.25, 0.3) is 0 Å². The minimum Gasteiger partial charge on any atom is -0.403 e. The standard InChI is InChI=1S/C33H40F5N7O2/c1-3-6-27(42-14-5-13-41-20(2)39)22-9-11-25(12-10-22)45-19-23-17-28(43-31(23)44-32(45)46)26-15-21(7-4-8-24(40)18-34)16-29(30(26)35)47-33(36,37)38/h9-12,15-17,19,24,27,42H,3-8,13-14,18,40H2,1-2H3,(H2,39,41)(H,43,44,46). The number of ether oxygens (including phenoxy) is 1. The summed E-state index contributed by atoms with van der Waals surface area (Å²) in [4.78, 5) is 24.2. The average molecular weight is 662 g/mol. The van der Waals surface area contributed by atoms with Gasteiger partial charge < -0.3 is 26.5 Å². The van der Waals surface area contributed by atoms with E-state index >= 15 is 4.39 Å². The van der Waals surface area contributed by atoms with Crippen molar-refractivity contribution in [3.8, 4) is 22.7 Å². The average Bonchev–Trinajstić information content (AvgIpc) is 3.43. The van der Waals surface area contributed by atoms with Crippen molar-refractivity contribution in [2.75, 3.05) is 19.8 Å². The second kappa shape index (κ2) is 16.0. The zero-order valence-corrected chi connectivity index (χ0v) is 26.3. The number of H-pyrrole nitrogens is 1. The zero-order chi connectivity index (χ0) is 34.1. The molecule has 0 aliphatic heterocycles. The minimum atomic E-state index is -5.13. The molecule has 0 aliphatic carbocycles. The molecule has 0 aliphatic rings. The molecule has 0 fully saturated rings. The second-order valence-corrected chi connectivity index (χ2v) is 11.5. The number of fused-ring (bicyclic) bond motifs is 1. The first-order valence-electron chi connectivity index (χ1n) is 15.5. The number of aryl methyl sites for hydroxylation is 1. The van der Waals surface area contributed by atoms with Gasteiger partial charge in [0, 0.05) is 35.8 Å². The van der Waals surface area contributed by atoms with Gasteiger partial charge in [0.1, 0.15) is 12.3 Å². The molecule has 0 bridgehead atoms. The van der Waals surface area contributed by atoms with E-state index < -0.39 is 36.3 Å². The fourth-order valence-electron chi connectivity index (χ4n) is 5.32. The summed E-state index contributed by atoms with van der Waals surface area (Å²) in [7, 11) is 0. The lowest BCUT2D eigenvalue weighted by Crippen LogP contribution is -2.23. The van der Waals surface area contributed by atoms with Crippen molar-refractivity contribution in [1.82, 2.24) is 19.9 Å². The second-order valence-electron chi connectivity index (χ2n) is 11.5. The van der Waals surface area contributed by atoms with Crippen LogP contribution < -0.4 is 27.2 Å². The summed E-state index contributed by atoms with van der Waals surface area (Å²) >= 11 is 0. The molecule has 0 spiro atoms. The first-order valence-corrected chi connectivity index (χ1v) is 15.5. The summed E-state index contributed by atoms with van der Waals surface area (Å²) in [6.07, 6.45) is 0.00825. The van der Waals surface area contributed by atoms with Crippen LogP contribution in [0.15, 0.2) is 58.4 Å². The highest BCUT2D eigenvalue weighted by Gasteiger charge is 2.33. The Morgan fingerprint density at radius 3 is 2.55 bits per heavy atom. The molecule has 2 heterocycles. The van der Waals surface area contributed by atoms with Gasteiger partial charge in [-0.15, -0.1) is 13.2 Å². The van der Waals surface area contributed by atoms with E-state index in [0.29, 0.717) is 41.9 Å². The monoisotopic (exact) mass is 661 g/mol. The van der Waals surface area contributed by atoms with Crippen molar-refractivity contribution in [3.63, 3.8) is 0 Å². The molecule has 254 valence electrons. The van der Waals surface area contributed by atoms with E-state index in [1.807, 2.05) is 24.3 Å². The maximum atomic E-state index is 15.4. The molecule has 2 aromatic carbocycles. The third kappa shape index (κ3) is 9.85. The highest BCUT2D eigenvalue weighted by atomic mass is 19.4. The number of aliphatic imine (C=N–C) groups is 1. The number of benzene rings is 2. The van der Waals surface area contributed by atoms with Crippen LogP contribution >= 0.6 is 0 Å². The molecule has 0 amide bonds. The molecular formula is C33H40F5N7O2. The van der Waals surface area contributed by atoms with Crippen molar-refractivity contribution in [2.45, 2.75) is 70.8 Å². The number of aromatic amines is 1. The SMILES string of the molecule is CCCC(NCCCN=C(C)N)c1ccc(-n2cc3cc(-c4cc(CCCC(N)CF)cc(OC(F)(F)F)c4F)[nH]c3nc2=O)cc1. The lowest BCUT2D eigenvalue weighted by molar-refractivity contribution is -0.275. The molecule has 2 atom stereocenters. The predicted molar refractivity (Wildman–Crippen MR) is 173 cm³/mol. The summed E-state index contributed by atoms with van der Waals surface area (Å²) in [6.45, 7) is 4.54. The molecule has 47 heavy (non-hydrogen) atoms. The van der Waals surface area contributed by atoms with E-state index in [1.165, 1.54) is 22.9 Å². The number of aromatic nitrogens is 3. The number of hydrogen-bond acceptors (Lipinski definition) is 6. The molecule has 0 saturated heterocycles. The molecule has 4 rings (SSSR count). The van der Waals surface area contributed by atoms with Gasteiger partial charge in [-0.1, -0.05) is 25.5 Å². The minimum absolute atomic E-state index is 0.104. The Balaban J connectivity index is 1.61. The Morgan fingerprint density at radius 1 is 1.15 bits per heavy atom. The van der Waals surface area contributed by atoms with Crippen molar-refractivity contribution in [1.29, 1.82) is 0 Å². The first kappa shape index (κ1) is 35.6. The molecule has 6 N–H and O–H groups in total. The van der Waals surface area contributed by atoms with Crippen molar-refractivity contribution in [3.05, 3.63) is 76.1 Å². The summed E-state index contributed by atoms with van der Waals surface area (Å²) < 4.78 is 72.8. The number of rotatable bonds is 16. The third-order valence-corrected chi connectivity index (χ3v) is 7.60. The van der Waals surface area contributed by atoms with Gasteiger partial charge in [0.05, 0.1) is 17.2 Å². The van der Waals surface area contributed by atoms with E-state index in [2.05, 4.69) is 31.9 Å². The molecular weight excluding hydrogens is 621 g/mol. The van der Waals surface area contributed by atoms with Crippen LogP contribution in [0.5, 0.6) is 5.75 Å². The van der Waals surface area contributed by atoms with Crippen molar-refractivity contribution < 1.29 is 26.7 Å². The van der Waals surface area contributed by atoms with Crippen LogP contribution in [0.3, 0.4) is 0 Å². The lowest BCUT2D eigenvalue weighted by Gasteiger charge is -2.19. The predicted octanol–water partition coefficient (Wildman–Crippen LogP) is 6.24. The van der Waals surface area contributed by atoms with E-state index in [9.17, 15) is 22.4 Å². The Labute approximate surface area is 269 Å². The number of hydrogen-bond donors (Lipinski definition) is 4. The number of nitrogens with one attached hydrogen (secondary N) is 2. The maximum absolute atomic E-state index is 15.4. The largest absolute Gasteiger partial charge is 0.573 e. The number of halogens is 5. The lowest BCUT2D eigenvalue weighted by atomic mass is 10.0. The number of alkyl halides is 4. The van der Waals surface area contributed by atoms with Gasteiger partial charge in [-0.05, 0) is 87.0 Å². The summed E-state index contributed by atoms with van der Waals surface area (Å²) in [6, 6.07) is 10.8. The highest BCUT2D eigenvalue weighted by Crippen LogP contribution is 2.35. The Kier molecular flexibility index (Phi) is 12.1. The molecule has 0 saturated carbocycles. The molecule has 2 aromatic heterocycles. The highest BCUT2D eigenvalue weighted by molar-refractivity contribution is 5.83. The van der Waals surface area contributed by atoms with E-state index in [0.717, 1.165) is 37.4 Å². The smallest absolute Gasteiger partial charge is 0.403 e. The van der Waals surface area contributed by atoms with Crippen LogP contribution in [0.25, 0.3) is 28.0 Å². The van der Waals surface area contributed by atoms with Crippen molar-refractivity contribution in [2.24, 2.45) is 16.5 Å². The topological polar surface area (TPSA) is 136 Å². The molecule has 4 aromatic rings. The van der Waals surface area contributed by atoms with Crippen LogP contribution in [-0.2, 0) is 6.42 Å². The van der Waals surface area contributed by atoms with Gasteiger partial charge in [-0.3, -0.25) is 9.56 Å². The number of nitrogens with two attached hydrogens (primary N) is 2. The van der Waals surface area contributed by atoms with Crippen LogP contribution in [0, 0.1) is 5.82 Å². The Hall–Kier alpha value is -4.30. The summed E-state index contributed by atoms with van der Waals surface area (Å²) in [5, 5.41) is 3.98. The third-order valence-electron chi connectivity index (χ3n) is 7.60. The zero-order valence-electron chi connectivity index (χ0n) is 26.3. The fraction of sp³-hybridized carbons (Fsp3) is 0.424. The number of nitrogens with zero attached hydrogens (tertiary/aromatic N) is 3. The quantitative estimate of drug-likeness (QED) is 0.0486. The van der Waals surface area contributed by atoms with Crippen LogP contribution in [-0.4, -0.2) is 52.5 Å². The van der Waals surface area contributed by atoms with E-state index in [1.54, 1.807) is 6.92 Å². The molecule has 2 unspecified atom stereocenters. The molecule has 0 radical (unpaired) electrons. The van der Waals surface area contributed by atoms with E-state index in [4.69, 9.17) is 11.5 Å². The normalized spacial score (nSPS) is 13.7. The van der Waals surface area contributed by atoms with Crippen molar-refractivity contribution >= 4 is 16.9 Å². The maximum Gasteiger partial charge on any atom is 0.573 e. The van der Waals surface area contributed by atoms with Gasteiger partial charge in [-0.2, -0.15) is 4.98 Å². The van der Waals surface area contributed by atoms with Crippen LogP contribution in [0.4, 0.5) is 22.0 Å². The molecule has 14 heteroatoms. The first-order chi connectivity index (χ1) is 22.4. The fourth-order valence-corrected chi connectivity index (χ4v) is 5.32. The Bertz CT molecular complexity index is 1710. The summed E-state index contributed by atoms with van der Waals surface area (Å²) in [5.41, 5.74) is 12.6. The molecule has 9 nitrogen and oxygen atoms in total. The van der Waals surface area contributed by atoms with E-state index in [-0.39, 0.29) is 29.4 Å². The van der Waals surface area contributed by atoms with Crippen LogP contribution in [0.2, 0.25) is 0 Å². The summed E-state index contributed by atoms with van der Waals surface area (Å²) in [5.74, 6) is -1.68. The van der Waals surface area contributed by atoms with Crippen LogP contribution in [0.1, 0.15) is 63.1 Å². The van der Waals surface area contributed by atoms with Gasteiger partial charge in [0.2, 0.25) is 0 Å². The Morgan fingerprint density at radius 2 is 1.89 bits per heavy atom. The van der Waals surface area contributed by atoms with Gasteiger partial charge in [0.15, 0.2) is 11.6 Å². The number of amidine groups is 1. The van der Waals surface area contributed by atoms with Gasteiger partial charge >= 0.3 is 12.1 Å².